The summed E-state index contributed by atoms with van der Waals surface area (Å²) in [7, 11) is 1.60. The molecule has 0 fully saturated rings. The van der Waals surface area contributed by atoms with Gasteiger partial charge in [-0.1, -0.05) is 39.7 Å². The van der Waals surface area contributed by atoms with Crippen LogP contribution in [-0.2, 0) is 11.3 Å². The van der Waals surface area contributed by atoms with Crippen molar-refractivity contribution >= 4 is 27.5 Å². The molecule has 0 amide bonds. The zero-order valence-electron chi connectivity index (χ0n) is 9.15. The first-order valence-corrected chi connectivity index (χ1v) is 6.14. The predicted octanol–water partition coefficient (Wildman–Crippen LogP) is 3.71. The average molecular weight is 314 g/mol. The van der Waals surface area contributed by atoms with Gasteiger partial charge in [0.1, 0.15) is 11.8 Å². The molecule has 0 spiro atoms. The van der Waals surface area contributed by atoms with Crippen molar-refractivity contribution in [2.45, 2.75) is 6.61 Å². The van der Waals surface area contributed by atoms with Crippen LogP contribution in [0.1, 0.15) is 5.82 Å². The minimum atomic E-state index is 0.351. The van der Waals surface area contributed by atoms with Crippen molar-refractivity contribution in [1.82, 2.24) is 9.97 Å². The standard InChI is InChI=1S/C12H10BrClN2O/c1-17-7-12-15-10(6-11(14)16-12)8-2-4-9(13)5-3-8/h2-6H,7H2,1H3. The predicted molar refractivity (Wildman–Crippen MR) is 70.9 cm³/mol. The summed E-state index contributed by atoms with van der Waals surface area (Å²) in [6.45, 7) is 0.351. The first-order chi connectivity index (χ1) is 8.19. The number of methoxy groups -OCH3 is 1. The molecule has 0 saturated carbocycles. The number of aromatic nitrogens is 2. The summed E-state index contributed by atoms with van der Waals surface area (Å²) in [5.74, 6) is 0.581. The molecule has 0 N–H and O–H groups in total. The van der Waals surface area contributed by atoms with Crippen molar-refractivity contribution in [3.63, 3.8) is 0 Å². The fourth-order valence-electron chi connectivity index (χ4n) is 1.43. The Balaban J connectivity index is 2.40. The number of hydrogen-bond donors (Lipinski definition) is 0. The lowest BCUT2D eigenvalue weighted by Crippen LogP contribution is -1.98. The Morgan fingerprint density at radius 2 is 1.94 bits per heavy atom. The number of benzene rings is 1. The molecule has 0 saturated heterocycles. The molecule has 5 heteroatoms. The van der Waals surface area contributed by atoms with E-state index in [1.807, 2.05) is 24.3 Å². The molecule has 0 atom stereocenters. The number of nitrogens with zero attached hydrogens (tertiary/aromatic N) is 2. The first-order valence-electron chi connectivity index (χ1n) is 4.97. The van der Waals surface area contributed by atoms with E-state index in [2.05, 4.69) is 25.9 Å². The minimum absolute atomic E-state index is 0.351. The van der Waals surface area contributed by atoms with Gasteiger partial charge in [-0.05, 0) is 12.1 Å². The molecule has 0 radical (unpaired) electrons. The van der Waals surface area contributed by atoms with Gasteiger partial charge in [0.05, 0.1) is 5.69 Å². The van der Waals surface area contributed by atoms with Crippen molar-refractivity contribution in [2.75, 3.05) is 7.11 Å². The summed E-state index contributed by atoms with van der Waals surface area (Å²) in [6, 6.07) is 9.60. The van der Waals surface area contributed by atoms with Crippen LogP contribution in [-0.4, -0.2) is 17.1 Å². The van der Waals surface area contributed by atoms with Crippen LogP contribution in [0, 0.1) is 0 Å². The third-order valence-electron chi connectivity index (χ3n) is 2.15. The van der Waals surface area contributed by atoms with Crippen LogP contribution in [0.3, 0.4) is 0 Å². The largest absolute Gasteiger partial charge is 0.377 e. The lowest BCUT2D eigenvalue weighted by Gasteiger charge is -2.04. The molecule has 88 valence electrons. The van der Waals surface area contributed by atoms with Crippen LogP contribution in [0.15, 0.2) is 34.8 Å². The maximum absolute atomic E-state index is 5.95. The lowest BCUT2D eigenvalue weighted by atomic mass is 10.1. The van der Waals surface area contributed by atoms with Gasteiger partial charge in [-0.3, -0.25) is 0 Å². The Morgan fingerprint density at radius 1 is 1.24 bits per heavy atom. The van der Waals surface area contributed by atoms with Gasteiger partial charge < -0.3 is 4.74 Å². The van der Waals surface area contributed by atoms with Crippen molar-refractivity contribution in [3.8, 4) is 11.3 Å². The van der Waals surface area contributed by atoms with Crippen LogP contribution in [0.4, 0.5) is 0 Å². The van der Waals surface area contributed by atoms with Gasteiger partial charge in [-0.2, -0.15) is 0 Å². The summed E-state index contributed by atoms with van der Waals surface area (Å²) in [5.41, 5.74) is 1.79. The van der Waals surface area contributed by atoms with Gasteiger partial charge >= 0.3 is 0 Å². The van der Waals surface area contributed by atoms with Gasteiger partial charge in [-0.15, -0.1) is 0 Å². The van der Waals surface area contributed by atoms with Crippen LogP contribution < -0.4 is 0 Å². The Bertz CT molecular complexity index is 516. The van der Waals surface area contributed by atoms with Crippen molar-refractivity contribution in [1.29, 1.82) is 0 Å². The topological polar surface area (TPSA) is 35.0 Å². The summed E-state index contributed by atoms with van der Waals surface area (Å²) in [5, 5.41) is 0.421. The van der Waals surface area contributed by atoms with Crippen LogP contribution >= 0.6 is 27.5 Å². The molecule has 2 aromatic rings. The highest BCUT2D eigenvalue weighted by atomic mass is 79.9. The maximum atomic E-state index is 5.95. The van der Waals surface area contributed by atoms with E-state index in [9.17, 15) is 0 Å². The van der Waals surface area contributed by atoms with Crippen LogP contribution in [0.2, 0.25) is 5.15 Å². The molecule has 17 heavy (non-hydrogen) atoms. The van der Waals surface area contributed by atoms with Gasteiger partial charge in [0.25, 0.3) is 0 Å². The van der Waals surface area contributed by atoms with E-state index >= 15 is 0 Å². The number of ether oxygens (including phenoxy) is 1. The van der Waals surface area contributed by atoms with Crippen LogP contribution in [0.5, 0.6) is 0 Å². The molecule has 2 rings (SSSR count). The zero-order chi connectivity index (χ0) is 12.3. The third kappa shape index (κ3) is 3.25. The van der Waals surface area contributed by atoms with E-state index in [1.165, 1.54) is 0 Å². The Hall–Kier alpha value is -0.970. The molecule has 0 bridgehead atoms. The second-order valence-corrected chi connectivity index (χ2v) is 4.73. The highest BCUT2D eigenvalue weighted by molar-refractivity contribution is 9.10. The van der Waals surface area contributed by atoms with Gasteiger partial charge in [0.15, 0.2) is 5.82 Å². The summed E-state index contributed by atoms with van der Waals surface area (Å²) in [6.07, 6.45) is 0. The molecule has 0 aliphatic rings. The van der Waals surface area contributed by atoms with Crippen molar-refractivity contribution in [2.24, 2.45) is 0 Å². The van der Waals surface area contributed by atoms with E-state index in [1.54, 1.807) is 13.2 Å². The normalized spacial score (nSPS) is 10.5. The average Bonchev–Trinajstić information content (AvgIpc) is 2.29. The molecule has 0 aliphatic heterocycles. The molecule has 1 aromatic carbocycles. The molecule has 0 unspecified atom stereocenters. The highest BCUT2D eigenvalue weighted by Gasteiger charge is 2.05. The Kier molecular flexibility index (Phi) is 4.10. The van der Waals surface area contributed by atoms with Gasteiger partial charge in [0, 0.05) is 23.2 Å². The first kappa shape index (κ1) is 12.5. The SMILES string of the molecule is COCc1nc(Cl)cc(-c2ccc(Br)cc2)n1. The molecular formula is C12H10BrClN2O. The Morgan fingerprint density at radius 3 is 2.59 bits per heavy atom. The molecule has 1 heterocycles. The molecule has 1 aromatic heterocycles. The Labute approximate surface area is 113 Å². The monoisotopic (exact) mass is 312 g/mol. The van der Waals surface area contributed by atoms with Gasteiger partial charge in [0.2, 0.25) is 0 Å². The molecular weight excluding hydrogens is 304 g/mol. The highest BCUT2D eigenvalue weighted by Crippen LogP contribution is 2.22. The van der Waals surface area contributed by atoms with E-state index < -0.39 is 0 Å². The van der Waals surface area contributed by atoms with E-state index in [0.717, 1.165) is 15.7 Å². The second-order valence-electron chi connectivity index (χ2n) is 3.43. The number of halogens is 2. The number of rotatable bonds is 3. The van der Waals surface area contributed by atoms with E-state index in [-0.39, 0.29) is 0 Å². The zero-order valence-corrected chi connectivity index (χ0v) is 11.5. The van der Waals surface area contributed by atoms with E-state index in [0.29, 0.717) is 17.6 Å². The van der Waals surface area contributed by atoms with Gasteiger partial charge in [-0.25, -0.2) is 9.97 Å². The van der Waals surface area contributed by atoms with Crippen molar-refractivity contribution < 1.29 is 4.74 Å². The minimum Gasteiger partial charge on any atom is -0.377 e. The quantitative estimate of drug-likeness (QED) is 0.810. The second kappa shape index (κ2) is 5.58. The fourth-order valence-corrected chi connectivity index (χ4v) is 1.89. The summed E-state index contributed by atoms with van der Waals surface area (Å²) in [4.78, 5) is 8.47. The molecule has 0 aliphatic carbocycles. The maximum Gasteiger partial charge on any atom is 0.156 e. The summed E-state index contributed by atoms with van der Waals surface area (Å²) < 4.78 is 6.03. The lowest BCUT2D eigenvalue weighted by molar-refractivity contribution is 0.178. The van der Waals surface area contributed by atoms with Crippen LogP contribution in [0.25, 0.3) is 11.3 Å². The fraction of sp³-hybridized carbons (Fsp3) is 0.167. The number of hydrogen-bond acceptors (Lipinski definition) is 3. The summed E-state index contributed by atoms with van der Waals surface area (Å²) >= 11 is 9.34. The van der Waals surface area contributed by atoms with E-state index in [4.69, 9.17) is 16.3 Å². The third-order valence-corrected chi connectivity index (χ3v) is 2.88. The molecule has 3 nitrogen and oxygen atoms in total. The smallest absolute Gasteiger partial charge is 0.156 e. The van der Waals surface area contributed by atoms with Crippen molar-refractivity contribution in [3.05, 3.63) is 45.8 Å².